The molecule has 0 unspecified atom stereocenters. The van der Waals surface area contributed by atoms with Gasteiger partial charge in [0.15, 0.2) is 0 Å². The average molecular weight is 183 g/mol. The van der Waals surface area contributed by atoms with Crippen LogP contribution in [-0.2, 0) is 0 Å². The third-order valence-corrected chi connectivity index (χ3v) is 1.24. The highest BCUT2D eigenvalue weighted by Gasteiger charge is 2.09. The van der Waals surface area contributed by atoms with Crippen LogP contribution in [0.5, 0.6) is 0 Å². The summed E-state index contributed by atoms with van der Waals surface area (Å²) >= 11 is 0. The Hall–Kier alpha value is -1.38. The normalized spacial score (nSPS) is 11.4. The standard InChI is InChI=1S/C8H11NO2.C2H6/c1-4-6-7(3)8(5-2)9(10)11;1-2/h4-6H,1H2,2-3H3;1-2H3/b7-6-,8-5+;. The predicted octanol–water partition coefficient (Wildman–Crippen LogP) is 3.33. The van der Waals surface area contributed by atoms with Gasteiger partial charge in [-0.15, -0.1) is 0 Å². The Morgan fingerprint density at radius 3 is 2.15 bits per heavy atom. The minimum absolute atomic E-state index is 0.130. The molecule has 0 aromatic rings. The zero-order chi connectivity index (χ0) is 10.9. The molecule has 0 spiro atoms. The lowest BCUT2D eigenvalue weighted by Crippen LogP contribution is -1.98. The highest BCUT2D eigenvalue weighted by molar-refractivity contribution is 5.25. The second-order valence-electron chi connectivity index (χ2n) is 2.02. The van der Waals surface area contributed by atoms with Gasteiger partial charge in [0.05, 0.1) is 4.92 Å². The van der Waals surface area contributed by atoms with Crippen molar-refractivity contribution in [3.63, 3.8) is 0 Å². The summed E-state index contributed by atoms with van der Waals surface area (Å²) in [7, 11) is 0. The molecule has 0 fully saturated rings. The zero-order valence-electron chi connectivity index (χ0n) is 8.70. The maximum atomic E-state index is 10.3. The van der Waals surface area contributed by atoms with E-state index in [0.29, 0.717) is 5.57 Å². The number of nitro groups is 1. The van der Waals surface area contributed by atoms with Crippen LogP contribution in [-0.4, -0.2) is 4.92 Å². The molecule has 0 aromatic carbocycles. The molecule has 0 aliphatic rings. The number of nitrogens with zero attached hydrogens (tertiary/aromatic N) is 1. The first kappa shape index (κ1) is 14.2. The van der Waals surface area contributed by atoms with Gasteiger partial charge in [-0.3, -0.25) is 10.1 Å². The van der Waals surface area contributed by atoms with Gasteiger partial charge in [-0.05, 0) is 19.9 Å². The molecule has 0 saturated carbocycles. The molecule has 0 aliphatic carbocycles. The van der Waals surface area contributed by atoms with Crippen LogP contribution in [0.25, 0.3) is 0 Å². The van der Waals surface area contributed by atoms with E-state index in [9.17, 15) is 10.1 Å². The summed E-state index contributed by atoms with van der Waals surface area (Å²) in [5.41, 5.74) is 0.748. The van der Waals surface area contributed by atoms with Crippen molar-refractivity contribution in [2.24, 2.45) is 0 Å². The zero-order valence-corrected chi connectivity index (χ0v) is 8.70. The van der Waals surface area contributed by atoms with Crippen LogP contribution in [0.4, 0.5) is 0 Å². The molecule has 0 radical (unpaired) electrons. The molecule has 0 N–H and O–H groups in total. The second-order valence-corrected chi connectivity index (χ2v) is 2.02. The van der Waals surface area contributed by atoms with E-state index >= 15 is 0 Å². The highest BCUT2D eigenvalue weighted by atomic mass is 16.6. The van der Waals surface area contributed by atoms with E-state index in [1.165, 1.54) is 12.2 Å². The van der Waals surface area contributed by atoms with Crippen molar-refractivity contribution in [3.8, 4) is 0 Å². The molecular formula is C10H17NO2. The number of hydrogen-bond donors (Lipinski definition) is 0. The quantitative estimate of drug-likeness (QED) is 0.382. The SMILES string of the molecule is C=C/C=C(C)\C(=C/C)[N+](=O)[O-].CC. The largest absolute Gasteiger partial charge is 0.268 e. The summed E-state index contributed by atoms with van der Waals surface area (Å²) in [5.74, 6) is 0. The Morgan fingerprint density at radius 1 is 1.46 bits per heavy atom. The summed E-state index contributed by atoms with van der Waals surface area (Å²) in [4.78, 5) is 9.90. The molecule has 0 amide bonds. The van der Waals surface area contributed by atoms with E-state index in [1.807, 2.05) is 13.8 Å². The first-order valence-corrected chi connectivity index (χ1v) is 4.24. The molecule has 74 valence electrons. The first-order valence-electron chi connectivity index (χ1n) is 4.24. The molecule has 13 heavy (non-hydrogen) atoms. The molecule has 0 aliphatic heterocycles. The van der Waals surface area contributed by atoms with Crippen molar-refractivity contribution < 1.29 is 4.92 Å². The van der Waals surface area contributed by atoms with E-state index in [4.69, 9.17) is 0 Å². The minimum Gasteiger partial charge on any atom is -0.258 e. The number of rotatable bonds is 3. The van der Waals surface area contributed by atoms with Crippen LogP contribution < -0.4 is 0 Å². The molecule has 0 bridgehead atoms. The van der Waals surface area contributed by atoms with Gasteiger partial charge in [0.25, 0.3) is 5.70 Å². The Morgan fingerprint density at radius 2 is 1.92 bits per heavy atom. The number of allylic oxidation sites excluding steroid dienone is 4. The molecule has 0 rings (SSSR count). The van der Waals surface area contributed by atoms with Crippen molar-refractivity contribution in [1.82, 2.24) is 0 Å². The summed E-state index contributed by atoms with van der Waals surface area (Å²) in [6, 6.07) is 0. The fourth-order valence-electron chi connectivity index (χ4n) is 0.739. The van der Waals surface area contributed by atoms with Crippen LogP contribution >= 0.6 is 0 Å². The smallest absolute Gasteiger partial charge is 0.258 e. The third kappa shape index (κ3) is 5.84. The van der Waals surface area contributed by atoms with Gasteiger partial charge in [0.2, 0.25) is 0 Å². The first-order chi connectivity index (χ1) is 6.13. The van der Waals surface area contributed by atoms with Crippen molar-refractivity contribution in [3.05, 3.63) is 46.2 Å². The van der Waals surface area contributed by atoms with E-state index in [0.717, 1.165) is 0 Å². The van der Waals surface area contributed by atoms with Gasteiger partial charge in [0, 0.05) is 5.57 Å². The van der Waals surface area contributed by atoms with Crippen LogP contribution in [0.15, 0.2) is 36.1 Å². The van der Waals surface area contributed by atoms with Gasteiger partial charge in [-0.2, -0.15) is 0 Å². The lowest BCUT2D eigenvalue weighted by Gasteiger charge is -1.94. The second kappa shape index (κ2) is 8.71. The van der Waals surface area contributed by atoms with Crippen molar-refractivity contribution >= 4 is 0 Å². The molecule has 3 heteroatoms. The Labute approximate surface area is 79.6 Å². The lowest BCUT2D eigenvalue weighted by molar-refractivity contribution is -0.420. The molecule has 0 atom stereocenters. The highest BCUT2D eigenvalue weighted by Crippen LogP contribution is 2.08. The van der Waals surface area contributed by atoms with Crippen LogP contribution in [0.1, 0.15) is 27.7 Å². The topological polar surface area (TPSA) is 43.1 Å². The fraction of sp³-hybridized carbons (Fsp3) is 0.400. The molecule has 3 nitrogen and oxygen atoms in total. The van der Waals surface area contributed by atoms with Gasteiger partial charge >= 0.3 is 0 Å². The van der Waals surface area contributed by atoms with Crippen molar-refractivity contribution in [2.45, 2.75) is 27.7 Å². The molecule has 0 saturated heterocycles. The van der Waals surface area contributed by atoms with Gasteiger partial charge in [0.1, 0.15) is 0 Å². The average Bonchev–Trinajstić information content (AvgIpc) is 2.09. The van der Waals surface area contributed by atoms with E-state index in [1.54, 1.807) is 19.9 Å². The number of hydrogen-bond acceptors (Lipinski definition) is 2. The van der Waals surface area contributed by atoms with Crippen molar-refractivity contribution in [1.29, 1.82) is 0 Å². The Kier molecular flexibility index (Phi) is 9.49. The Balaban J connectivity index is 0. The van der Waals surface area contributed by atoms with Gasteiger partial charge in [-0.25, -0.2) is 0 Å². The summed E-state index contributed by atoms with van der Waals surface area (Å²) in [6.45, 7) is 10.8. The fourth-order valence-corrected chi connectivity index (χ4v) is 0.739. The summed E-state index contributed by atoms with van der Waals surface area (Å²) in [5, 5.41) is 10.3. The van der Waals surface area contributed by atoms with Crippen LogP contribution in [0.2, 0.25) is 0 Å². The maximum absolute atomic E-state index is 10.3. The third-order valence-electron chi connectivity index (χ3n) is 1.24. The minimum atomic E-state index is -0.407. The van der Waals surface area contributed by atoms with E-state index in [2.05, 4.69) is 6.58 Å². The van der Waals surface area contributed by atoms with Crippen molar-refractivity contribution in [2.75, 3.05) is 0 Å². The Bertz CT molecular complexity index is 227. The van der Waals surface area contributed by atoms with Crippen LogP contribution in [0.3, 0.4) is 0 Å². The van der Waals surface area contributed by atoms with Gasteiger partial charge in [-0.1, -0.05) is 32.6 Å². The maximum Gasteiger partial charge on any atom is 0.268 e. The van der Waals surface area contributed by atoms with Crippen LogP contribution in [0, 0.1) is 10.1 Å². The summed E-state index contributed by atoms with van der Waals surface area (Å²) in [6.07, 6.45) is 4.61. The van der Waals surface area contributed by atoms with Gasteiger partial charge < -0.3 is 0 Å². The van der Waals surface area contributed by atoms with E-state index < -0.39 is 4.92 Å². The molecular weight excluding hydrogens is 166 g/mol. The lowest BCUT2D eigenvalue weighted by atomic mass is 10.2. The monoisotopic (exact) mass is 183 g/mol. The van der Waals surface area contributed by atoms with E-state index in [-0.39, 0.29) is 5.70 Å². The summed E-state index contributed by atoms with van der Waals surface area (Å²) < 4.78 is 0. The predicted molar refractivity (Wildman–Crippen MR) is 56.1 cm³/mol. The molecule has 0 aromatic heterocycles. The molecule has 0 heterocycles.